The number of hydrogen-bond acceptors (Lipinski definition) is 5. The van der Waals surface area contributed by atoms with Crippen molar-refractivity contribution in [1.82, 2.24) is 0 Å². The Balaban J connectivity index is 2.53. The van der Waals surface area contributed by atoms with Gasteiger partial charge in [-0.1, -0.05) is 24.3 Å². The Kier molecular flexibility index (Phi) is 6.29. The minimum atomic E-state index is -1.11. The van der Waals surface area contributed by atoms with Gasteiger partial charge in [0.05, 0.1) is 11.6 Å². The minimum Gasteiger partial charge on any atom is -0.480 e. The second-order valence-electron chi connectivity index (χ2n) is 6.43. The molecule has 140 valence electrons. The molecule has 0 fully saturated rings. The normalized spacial score (nSPS) is 12.8. The number of aryl methyl sites for hydroxylation is 1. The fourth-order valence-electron chi connectivity index (χ4n) is 2.83. The third-order valence-corrected chi connectivity index (χ3v) is 4.36. The summed E-state index contributed by atoms with van der Waals surface area (Å²) < 4.78 is 0. The van der Waals surface area contributed by atoms with E-state index in [1.54, 1.807) is 24.3 Å². The van der Waals surface area contributed by atoms with E-state index in [9.17, 15) is 14.9 Å². The highest BCUT2D eigenvalue weighted by molar-refractivity contribution is 5.77. The number of benzene rings is 2. The molecule has 0 saturated heterocycles. The molecule has 2 aromatic carbocycles. The maximum Gasteiger partial charge on any atom is 0.320 e. The molecule has 0 aliphatic rings. The Morgan fingerprint density at radius 1 is 1.00 bits per heavy atom. The summed E-state index contributed by atoms with van der Waals surface area (Å²) in [5, 5.41) is 27.3. The van der Waals surface area contributed by atoms with Crippen LogP contribution in [-0.2, 0) is 22.4 Å². The Labute approximate surface area is 156 Å². The molecular weight excluding hydrogens is 346 g/mol. The molecule has 0 amide bonds. The van der Waals surface area contributed by atoms with E-state index in [1.165, 1.54) is 0 Å². The number of carboxylic acids is 2. The van der Waals surface area contributed by atoms with E-state index in [0.717, 1.165) is 16.7 Å². The molecule has 6 N–H and O–H groups in total. The molecule has 0 bridgehead atoms. The zero-order valence-corrected chi connectivity index (χ0v) is 14.8. The van der Waals surface area contributed by atoms with Gasteiger partial charge in [-0.15, -0.1) is 0 Å². The maximum absolute atomic E-state index is 11.1. The van der Waals surface area contributed by atoms with Crippen LogP contribution < -0.4 is 11.5 Å². The summed E-state index contributed by atoms with van der Waals surface area (Å²) in [5.74, 6) is -2.19. The summed E-state index contributed by atoms with van der Waals surface area (Å²) in [7, 11) is 0. The predicted octanol–water partition coefficient (Wildman–Crippen LogP) is 1.44. The van der Waals surface area contributed by atoms with Crippen LogP contribution in [0.1, 0.15) is 22.3 Å². The molecule has 0 aliphatic heterocycles. The van der Waals surface area contributed by atoms with Crippen molar-refractivity contribution in [1.29, 1.82) is 5.26 Å². The van der Waals surface area contributed by atoms with Crippen LogP contribution in [0.4, 0.5) is 0 Å². The molecule has 0 aromatic heterocycles. The number of carbonyl (C=O) groups is 2. The zero-order chi connectivity index (χ0) is 20.1. The third-order valence-electron chi connectivity index (χ3n) is 4.36. The van der Waals surface area contributed by atoms with Crippen LogP contribution in [0, 0.1) is 18.3 Å². The SMILES string of the molecule is Cc1ccc(CC(N)C(=O)O)cc1-c1cc(C#N)ccc1C[C@H](N)C(=O)O. The number of rotatable bonds is 7. The summed E-state index contributed by atoms with van der Waals surface area (Å²) in [4.78, 5) is 22.2. The van der Waals surface area contributed by atoms with Crippen molar-refractivity contribution >= 4 is 11.9 Å². The van der Waals surface area contributed by atoms with Crippen molar-refractivity contribution in [3.8, 4) is 17.2 Å². The van der Waals surface area contributed by atoms with Crippen LogP contribution in [0.2, 0.25) is 0 Å². The number of nitrogens with zero attached hydrogens (tertiary/aromatic N) is 1. The Bertz CT molecular complexity index is 918. The highest BCUT2D eigenvalue weighted by Crippen LogP contribution is 2.30. The van der Waals surface area contributed by atoms with Gasteiger partial charge in [-0.05, 0) is 59.7 Å². The quantitative estimate of drug-likeness (QED) is 0.578. The van der Waals surface area contributed by atoms with Gasteiger partial charge in [0.25, 0.3) is 0 Å². The van der Waals surface area contributed by atoms with Gasteiger partial charge < -0.3 is 21.7 Å². The lowest BCUT2D eigenvalue weighted by Crippen LogP contribution is -2.32. The largest absolute Gasteiger partial charge is 0.480 e. The van der Waals surface area contributed by atoms with Crippen molar-refractivity contribution in [2.45, 2.75) is 31.8 Å². The molecule has 0 spiro atoms. The van der Waals surface area contributed by atoms with E-state index in [2.05, 4.69) is 6.07 Å². The van der Waals surface area contributed by atoms with Gasteiger partial charge in [0.2, 0.25) is 0 Å². The molecular formula is C20H21N3O4. The molecule has 0 aliphatic carbocycles. The average molecular weight is 367 g/mol. The molecule has 7 nitrogen and oxygen atoms in total. The monoisotopic (exact) mass is 367 g/mol. The second kappa shape index (κ2) is 8.45. The van der Waals surface area contributed by atoms with Crippen LogP contribution in [0.5, 0.6) is 0 Å². The number of hydrogen-bond donors (Lipinski definition) is 4. The Morgan fingerprint density at radius 3 is 2.22 bits per heavy atom. The number of carboxylic acid groups (broad SMARTS) is 2. The van der Waals surface area contributed by atoms with Crippen molar-refractivity contribution in [2.75, 3.05) is 0 Å². The molecule has 2 aromatic rings. The highest BCUT2D eigenvalue weighted by atomic mass is 16.4. The van der Waals surface area contributed by atoms with E-state index >= 15 is 0 Å². The molecule has 0 saturated carbocycles. The van der Waals surface area contributed by atoms with Crippen LogP contribution in [-0.4, -0.2) is 34.2 Å². The topological polar surface area (TPSA) is 150 Å². The van der Waals surface area contributed by atoms with E-state index in [0.29, 0.717) is 16.7 Å². The fraction of sp³-hybridized carbons (Fsp3) is 0.250. The Hall–Kier alpha value is -3.21. The number of nitrogens with two attached hydrogens (primary N) is 2. The van der Waals surface area contributed by atoms with Gasteiger partial charge in [0.1, 0.15) is 12.1 Å². The smallest absolute Gasteiger partial charge is 0.320 e. The first-order chi connectivity index (χ1) is 12.7. The number of aliphatic carboxylic acids is 2. The maximum atomic E-state index is 11.1. The zero-order valence-electron chi connectivity index (χ0n) is 14.8. The molecule has 0 heterocycles. The summed E-state index contributed by atoms with van der Waals surface area (Å²) in [6, 6.07) is 10.5. The van der Waals surface area contributed by atoms with Crippen molar-refractivity contribution in [2.24, 2.45) is 11.5 Å². The van der Waals surface area contributed by atoms with Crippen LogP contribution >= 0.6 is 0 Å². The lowest BCUT2D eigenvalue weighted by molar-refractivity contribution is -0.139. The molecule has 2 atom stereocenters. The van der Waals surface area contributed by atoms with E-state index in [-0.39, 0.29) is 12.8 Å². The van der Waals surface area contributed by atoms with Gasteiger partial charge in [-0.3, -0.25) is 9.59 Å². The van der Waals surface area contributed by atoms with Crippen molar-refractivity contribution in [3.05, 3.63) is 58.7 Å². The predicted molar refractivity (Wildman–Crippen MR) is 100.0 cm³/mol. The Morgan fingerprint density at radius 2 is 1.63 bits per heavy atom. The van der Waals surface area contributed by atoms with Gasteiger partial charge in [-0.25, -0.2) is 0 Å². The molecule has 1 unspecified atom stereocenters. The molecule has 0 radical (unpaired) electrons. The first-order valence-electron chi connectivity index (χ1n) is 8.32. The lowest BCUT2D eigenvalue weighted by atomic mass is 9.89. The van der Waals surface area contributed by atoms with Gasteiger partial charge in [0.15, 0.2) is 0 Å². The number of nitriles is 1. The molecule has 27 heavy (non-hydrogen) atoms. The molecule has 7 heteroatoms. The lowest BCUT2D eigenvalue weighted by Gasteiger charge is -2.16. The second-order valence-corrected chi connectivity index (χ2v) is 6.43. The van der Waals surface area contributed by atoms with Gasteiger partial charge in [-0.2, -0.15) is 5.26 Å². The minimum absolute atomic E-state index is 0.106. The summed E-state index contributed by atoms with van der Waals surface area (Å²) in [6.45, 7) is 1.89. The average Bonchev–Trinajstić information content (AvgIpc) is 2.63. The summed E-state index contributed by atoms with van der Waals surface area (Å²) in [5.41, 5.74) is 15.6. The third kappa shape index (κ3) is 4.91. The summed E-state index contributed by atoms with van der Waals surface area (Å²) in [6.07, 6.45) is 0.263. The van der Waals surface area contributed by atoms with Crippen LogP contribution in [0.3, 0.4) is 0 Å². The van der Waals surface area contributed by atoms with Crippen molar-refractivity contribution < 1.29 is 19.8 Å². The van der Waals surface area contributed by atoms with Gasteiger partial charge in [0, 0.05) is 0 Å². The fourth-order valence-corrected chi connectivity index (χ4v) is 2.83. The van der Waals surface area contributed by atoms with Crippen LogP contribution in [0.25, 0.3) is 11.1 Å². The van der Waals surface area contributed by atoms with E-state index < -0.39 is 24.0 Å². The van der Waals surface area contributed by atoms with E-state index in [4.69, 9.17) is 21.7 Å². The van der Waals surface area contributed by atoms with Crippen molar-refractivity contribution in [3.63, 3.8) is 0 Å². The summed E-state index contributed by atoms with van der Waals surface area (Å²) >= 11 is 0. The first kappa shape index (κ1) is 20.1. The standard InChI is InChI=1S/C20H21N3O4/c1-11-2-3-12(8-17(22)19(24)25)6-15(11)16-7-13(10-21)4-5-14(16)9-18(23)20(26)27/h2-7,17-18H,8-9,22-23H2,1H3,(H,24,25)(H,26,27)/t17?,18-/m0/s1. The first-order valence-corrected chi connectivity index (χ1v) is 8.32. The highest BCUT2D eigenvalue weighted by Gasteiger charge is 2.18. The van der Waals surface area contributed by atoms with Crippen LogP contribution in [0.15, 0.2) is 36.4 Å². The van der Waals surface area contributed by atoms with E-state index in [1.807, 2.05) is 19.1 Å². The van der Waals surface area contributed by atoms with Gasteiger partial charge >= 0.3 is 11.9 Å². The molecule has 2 rings (SSSR count).